The highest BCUT2D eigenvalue weighted by atomic mass is 35.5. The van der Waals surface area contributed by atoms with Gasteiger partial charge in [-0.15, -0.1) is 0 Å². The second kappa shape index (κ2) is 6.58. The molecule has 0 aliphatic carbocycles. The predicted molar refractivity (Wildman–Crippen MR) is 88.4 cm³/mol. The Hall–Kier alpha value is -2.08. The van der Waals surface area contributed by atoms with E-state index in [1.54, 1.807) is 18.2 Å². The van der Waals surface area contributed by atoms with E-state index in [1.165, 1.54) is 0 Å². The fraction of sp³-hybridized carbons (Fsp3) is 0.438. The molecule has 0 saturated carbocycles. The average Bonchev–Trinajstić information content (AvgIpc) is 2.75. The molecule has 0 atom stereocenters. The van der Waals surface area contributed by atoms with Gasteiger partial charge in [0.1, 0.15) is 12.1 Å². The summed E-state index contributed by atoms with van der Waals surface area (Å²) in [4.78, 5) is 37.6. The Bertz CT molecular complexity index is 656. The van der Waals surface area contributed by atoms with Gasteiger partial charge >= 0.3 is 6.03 Å². The average molecular weight is 338 g/mol. The third kappa shape index (κ3) is 3.32. The molecule has 124 valence electrons. The highest BCUT2D eigenvalue weighted by Gasteiger charge is 2.49. The lowest BCUT2D eigenvalue weighted by molar-refractivity contribution is -0.134. The molecule has 1 aromatic carbocycles. The number of imide groups is 1. The number of amides is 4. The van der Waals surface area contributed by atoms with Crippen LogP contribution in [0.5, 0.6) is 0 Å². The van der Waals surface area contributed by atoms with Crippen molar-refractivity contribution >= 4 is 35.1 Å². The summed E-state index contributed by atoms with van der Waals surface area (Å²) in [5.41, 5.74) is 0.510. The molecule has 2 N–H and O–H groups in total. The zero-order chi connectivity index (χ0) is 17.2. The van der Waals surface area contributed by atoms with Crippen LogP contribution in [0.2, 0.25) is 5.02 Å². The highest BCUT2D eigenvalue weighted by molar-refractivity contribution is 6.30. The number of urea groups is 1. The third-order valence-electron chi connectivity index (χ3n) is 4.22. The van der Waals surface area contributed by atoms with E-state index in [1.807, 2.05) is 20.8 Å². The number of nitrogens with zero attached hydrogens (tertiary/aromatic N) is 1. The molecule has 0 bridgehead atoms. The Balaban J connectivity index is 2.08. The first-order valence-corrected chi connectivity index (χ1v) is 7.91. The third-order valence-corrected chi connectivity index (χ3v) is 4.45. The predicted octanol–water partition coefficient (Wildman–Crippen LogP) is 2.70. The second-order valence-corrected chi connectivity index (χ2v) is 6.05. The molecule has 1 aliphatic rings. The molecule has 6 nitrogen and oxygen atoms in total. The van der Waals surface area contributed by atoms with Gasteiger partial charge < -0.3 is 10.6 Å². The van der Waals surface area contributed by atoms with E-state index in [0.717, 1.165) is 10.5 Å². The van der Waals surface area contributed by atoms with Crippen LogP contribution in [0.25, 0.3) is 0 Å². The van der Waals surface area contributed by atoms with E-state index in [0.29, 0.717) is 23.6 Å². The van der Waals surface area contributed by atoms with Crippen molar-refractivity contribution in [1.29, 1.82) is 0 Å². The van der Waals surface area contributed by atoms with Gasteiger partial charge in [0.25, 0.3) is 5.91 Å². The van der Waals surface area contributed by atoms with Crippen molar-refractivity contribution < 1.29 is 14.4 Å². The monoisotopic (exact) mass is 337 g/mol. The molecule has 0 unspecified atom stereocenters. The van der Waals surface area contributed by atoms with Crippen LogP contribution in [0.15, 0.2) is 18.2 Å². The van der Waals surface area contributed by atoms with Crippen LogP contribution < -0.4 is 10.6 Å². The summed E-state index contributed by atoms with van der Waals surface area (Å²) >= 11 is 5.87. The summed E-state index contributed by atoms with van der Waals surface area (Å²) in [6, 6.07) is 4.55. The van der Waals surface area contributed by atoms with Gasteiger partial charge in [0.2, 0.25) is 5.91 Å². The Morgan fingerprint density at radius 2 is 1.96 bits per heavy atom. The SMILES string of the molecule is CCC1(CC)NC(=O)N(CC(=O)Nc2ccc(Cl)cc2C)C1=O. The number of carbonyl (C=O) groups is 3. The summed E-state index contributed by atoms with van der Waals surface area (Å²) in [5, 5.41) is 5.97. The Kier molecular flexibility index (Phi) is 4.94. The number of anilines is 1. The van der Waals surface area contributed by atoms with Gasteiger partial charge in [-0.1, -0.05) is 25.4 Å². The second-order valence-electron chi connectivity index (χ2n) is 5.62. The topological polar surface area (TPSA) is 78.5 Å². The molecule has 0 aromatic heterocycles. The molecule has 1 heterocycles. The number of rotatable bonds is 5. The van der Waals surface area contributed by atoms with Crippen molar-refractivity contribution in [2.24, 2.45) is 0 Å². The van der Waals surface area contributed by atoms with Crippen LogP contribution in [0.1, 0.15) is 32.3 Å². The number of carbonyl (C=O) groups excluding carboxylic acids is 3. The van der Waals surface area contributed by atoms with Gasteiger partial charge in [-0.2, -0.15) is 0 Å². The van der Waals surface area contributed by atoms with Crippen molar-refractivity contribution in [2.45, 2.75) is 39.2 Å². The number of halogens is 1. The zero-order valence-electron chi connectivity index (χ0n) is 13.4. The Morgan fingerprint density at radius 1 is 1.30 bits per heavy atom. The first-order valence-electron chi connectivity index (χ1n) is 7.53. The van der Waals surface area contributed by atoms with Crippen LogP contribution >= 0.6 is 11.6 Å². The number of aryl methyl sites for hydroxylation is 1. The normalized spacial score (nSPS) is 16.4. The van der Waals surface area contributed by atoms with Crippen LogP contribution in [-0.2, 0) is 9.59 Å². The van der Waals surface area contributed by atoms with Gasteiger partial charge in [-0.05, 0) is 43.5 Å². The van der Waals surface area contributed by atoms with Crippen molar-refractivity contribution in [3.63, 3.8) is 0 Å². The van der Waals surface area contributed by atoms with E-state index in [9.17, 15) is 14.4 Å². The fourth-order valence-corrected chi connectivity index (χ4v) is 2.88. The summed E-state index contributed by atoms with van der Waals surface area (Å²) < 4.78 is 0. The first-order chi connectivity index (χ1) is 10.8. The molecular weight excluding hydrogens is 318 g/mol. The minimum atomic E-state index is -0.895. The van der Waals surface area contributed by atoms with E-state index >= 15 is 0 Å². The maximum absolute atomic E-state index is 12.4. The molecule has 1 fully saturated rings. The van der Waals surface area contributed by atoms with E-state index in [4.69, 9.17) is 11.6 Å². The highest BCUT2D eigenvalue weighted by Crippen LogP contribution is 2.25. The van der Waals surface area contributed by atoms with E-state index in [-0.39, 0.29) is 12.5 Å². The van der Waals surface area contributed by atoms with Crippen molar-refractivity contribution in [3.8, 4) is 0 Å². The maximum atomic E-state index is 12.4. The summed E-state index contributed by atoms with van der Waals surface area (Å²) in [6.45, 7) is 5.17. The van der Waals surface area contributed by atoms with Gasteiger partial charge in [0, 0.05) is 10.7 Å². The van der Waals surface area contributed by atoms with E-state index in [2.05, 4.69) is 10.6 Å². The lowest BCUT2D eigenvalue weighted by Crippen LogP contribution is -2.46. The molecule has 1 saturated heterocycles. The number of nitrogens with one attached hydrogen (secondary N) is 2. The van der Waals surface area contributed by atoms with Crippen LogP contribution in [0.4, 0.5) is 10.5 Å². The van der Waals surface area contributed by atoms with Gasteiger partial charge in [0.15, 0.2) is 0 Å². The smallest absolute Gasteiger partial charge is 0.324 e. The van der Waals surface area contributed by atoms with Crippen molar-refractivity contribution in [1.82, 2.24) is 10.2 Å². The molecular formula is C16H20ClN3O3. The lowest BCUT2D eigenvalue weighted by atomic mass is 9.93. The van der Waals surface area contributed by atoms with Gasteiger partial charge in [0.05, 0.1) is 0 Å². The van der Waals surface area contributed by atoms with Gasteiger partial charge in [-0.3, -0.25) is 14.5 Å². The van der Waals surface area contributed by atoms with Crippen LogP contribution in [0.3, 0.4) is 0 Å². The Morgan fingerprint density at radius 3 is 2.48 bits per heavy atom. The minimum absolute atomic E-state index is 0.311. The standard InChI is InChI=1S/C16H20ClN3O3/c1-4-16(5-2)14(22)20(15(23)19-16)9-13(21)18-12-7-6-11(17)8-10(12)3/h6-8H,4-5,9H2,1-3H3,(H,18,21)(H,19,23). The molecule has 1 aromatic rings. The fourth-order valence-electron chi connectivity index (χ4n) is 2.65. The number of benzene rings is 1. The zero-order valence-corrected chi connectivity index (χ0v) is 14.2. The molecule has 23 heavy (non-hydrogen) atoms. The Labute approximate surface area is 140 Å². The minimum Gasteiger partial charge on any atom is -0.324 e. The lowest BCUT2D eigenvalue weighted by Gasteiger charge is -2.23. The molecule has 7 heteroatoms. The summed E-state index contributed by atoms with van der Waals surface area (Å²) in [5.74, 6) is -0.780. The maximum Gasteiger partial charge on any atom is 0.325 e. The van der Waals surface area contributed by atoms with Crippen molar-refractivity contribution in [2.75, 3.05) is 11.9 Å². The number of hydrogen-bond acceptors (Lipinski definition) is 3. The summed E-state index contributed by atoms with van der Waals surface area (Å²) in [6.07, 6.45) is 0.977. The largest absolute Gasteiger partial charge is 0.325 e. The molecule has 4 amide bonds. The van der Waals surface area contributed by atoms with Gasteiger partial charge in [-0.25, -0.2) is 4.79 Å². The van der Waals surface area contributed by atoms with Crippen LogP contribution in [0, 0.1) is 6.92 Å². The number of hydrogen-bond donors (Lipinski definition) is 2. The molecule has 2 rings (SSSR count). The van der Waals surface area contributed by atoms with E-state index < -0.39 is 17.5 Å². The summed E-state index contributed by atoms with van der Waals surface area (Å²) in [7, 11) is 0. The van der Waals surface area contributed by atoms with Crippen molar-refractivity contribution in [3.05, 3.63) is 28.8 Å². The molecule has 1 aliphatic heterocycles. The molecule has 0 spiro atoms. The van der Waals surface area contributed by atoms with Crippen LogP contribution in [-0.4, -0.2) is 34.8 Å². The quantitative estimate of drug-likeness (QED) is 0.811. The molecule has 0 radical (unpaired) electrons. The first kappa shape index (κ1) is 17.3.